The average molecular weight is 559 g/mol. The minimum atomic E-state index is -3.31. The molecule has 0 saturated heterocycles. The van der Waals surface area contributed by atoms with Crippen molar-refractivity contribution < 1.29 is 27.8 Å². The second-order valence-electron chi connectivity index (χ2n) is 9.57. The Morgan fingerprint density at radius 1 is 1.21 bits per heavy atom. The van der Waals surface area contributed by atoms with E-state index >= 15 is 0 Å². The van der Waals surface area contributed by atoms with Crippen molar-refractivity contribution in [2.75, 3.05) is 31.8 Å². The maximum absolute atomic E-state index is 12.0. The van der Waals surface area contributed by atoms with Gasteiger partial charge >= 0.3 is 0 Å². The summed E-state index contributed by atoms with van der Waals surface area (Å²) in [6.07, 6.45) is 3.99. The third-order valence-corrected chi connectivity index (χ3v) is 7.89. The zero-order valence-electron chi connectivity index (χ0n) is 23.2. The molecule has 4 N–H and O–H groups in total. The van der Waals surface area contributed by atoms with Crippen molar-refractivity contribution in [2.45, 2.75) is 52.7 Å². The molecule has 1 heterocycles. The number of hydrogen-bond acceptors (Lipinski definition) is 8. The first kappa shape index (κ1) is 30.1. The van der Waals surface area contributed by atoms with Gasteiger partial charge in [0, 0.05) is 41.5 Å². The molecule has 0 unspecified atom stereocenters. The fraction of sp³-hybridized carbons (Fsp3) is 0.429. The molecule has 212 valence electrons. The lowest BCUT2D eigenvalue weighted by atomic mass is 10.0. The third-order valence-electron chi connectivity index (χ3n) is 6.44. The van der Waals surface area contributed by atoms with Gasteiger partial charge in [0.2, 0.25) is 15.9 Å². The van der Waals surface area contributed by atoms with Crippen molar-refractivity contribution in [2.24, 2.45) is 5.73 Å². The number of nitrogens with zero attached hydrogens (tertiary/aromatic N) is 2. The summed E-state index contributed by atoms with van der Waals surface area (Å²) >= 11 is 0. The highest BCUT2D eigenvalue weighted by atomic mass is 32.2. The molecule has 0 atom stereocenters. The number of hydrogen-bond donors (Lipinski definition) is 3. The summed E-state index contributed by atoms with van der Waals surface area (Å²) in [6, 6.07) is 9.07. The van der Waals surface area contributed by atoms with Gasteiger partial charge in [0.15, 0.2) is 11.5 Å². The smallest absolute Gasteiger partial charge is 0.221 e. The summed E-state index contributed by atoms with van der Waals surface area (Å²) in [4.78, 5) is 16.4. The van der Waals surface area contributed by atoms with Gasteiger partial charge in [-0.3, -0.25) is 9.78 Å². The van der Waals surface area contributed by atoms with Gasteiger partial charge in [-0.15, -0.1) is 0 Å². The van der Waals surface area contributed by atoms with E-state index in [1.165, 1.54) is 17.7 Å². The standard InChI is InChI=1S/C28H38N4O6S/c1-6-21-19(17-33)9-7-10-23(21)31-28-20(13-27(29)34)16-30-24-15-26(25(37-4)14-22(24)28)38-12-8-11-32(18(2)3)39(5,35)36/h7,9-10,14-16,18,33H,6,8,11-13,17H2,1-5H3,(H2,29,34)(H,30,31). The van der Waals surface area contributed by atoms with Crippen LogP contribution in [0.15, 0.2) is 36.5 Å². The number of nitrogens with two attached hydrogens (primary N) is 1. The quantitative estimate of drug-likeness (QED) is 0.255. The van der Waals surface area contributed by atoms with Crippen LogP contribution < -0.4 is 20.5 Å². The van der Waals surface area contributed by atoms with Crippen LogP contribution >= 0.6 is 0 Å². The second-order valence-corrected chi connectivity index (χ2v) is 11.5. The molecule has 0 fully saturated rings. The molecule has 11 heteroatoms. The van der Waals surface area contributed by atoms with E-state index in [0.29, 0.717) is 53.0 Å². The number of nitrogens with one attached hydrogen (secondary N) is 1. The number of primary amides is 1. The topological polar surface area (TPSA) is 144 Å². The average Bonchev–Trinajstić information content (AvgIpc) is 2.87. The van der Waals surface area contributed by atoms with Crippen LogP contribution in [0.3, 0.4) is 0 Å². The first-order valence-corrected chi connectivity index (χ1v) is 14.7. The van der Waals surface area contributed by atoms with Crippen molar-refractivity contribution in [1.29, 1.82) is 0 Å². The Morgan fingerprint density at radius 3 is 2.54 bits per heavy atom. The van der Waals surface area contributed by atoms with Crippen LogP contribution in [0.5, 0.6) is 11.5 Å². The fourth-order valence-electron chi connectivity index (χ4n) is 4.64. The molecule has 0 radical (unpaired) electrons. The normalized spacial score (nSPS) is 11.8. The Morgan fingerprint density at radius 2 is 1.95 bits per heavy atom. The minimum absolute atomic E-state index is 0.0142. The van der Waals surface area contributed by atoms with Crippen LogP contribution in [-0.2, 0) is 34.3 Å². The number of ether oxygens (including phenoxy) is 2. The molecule has 1 aromatic heterocycles. The predicted octanol–water partition coefficient (Wildman–Crippen LogP) is 3.51. The van der Waals surface area contributed by atoms with E-state index in [9.17, 15) is 18.3 Å². The maximum Gasteiger partial charge on any atom is 0.221 e. The number of rotatable bonds is 14. The zero-order chi connectivity index (χ0) is 28.7. The summed E-state index contributed by atoms with van der Waals surface area (Å²) in [5, 5.41) is 14.0. The largest absolute Gasteiger partial charge is 0.493 e. The molecule has 0 aliphatic carbocycles. The van der Waals surface area contributed by atoms with Crippen LogP contribution in [0.25, 0.3) is 10.9 Å². The number of amides is 1. The summed E-state index contributed by atoms with van der Waals surface area (Å²) < 4.78 is 37.1. The SMILES string of the molecule is CCc1c(CO)cccc1Nc1c(CC(N)=O)cnc2cc(OCCCN(C(C)C)S(C)(=O)=O)c(OC)cc12. The van der Waals surface area contributed by atoms with Crippen LogP contribution in [0.4, 0.5) is 11.4 Å². The molecule has 3 aromatic rings. The minimum Gasteiger partial charge on any atom is -0.493 e. The summed E-state index contributed by atoms with van der Waals surface area (Å²) in [6.45, 7) is 6.21. The lowest BCUT2D eigenvalue weighted by molar-refractivity contribution is -0.117. The van der Waals surface area contributed by atoms with Gasteiger partial charge < -0.3 is 25.6 Å². The highest BCUT2D eigenvalue weighted by Crippen LogP contribution is 2.38. The number of benzene rings is 2. The first-order valence-electron chi connectivity index (χ1n) is 12.9. The summed E-state index contributed by atoms with van der Waals surface area (Å²) in [5.74, 6) is 0.445. The van der Waals surface area contributed by atoms with Gasteiger partial charge in [0.05, 0.1) is 44.2 Å². The number of carbonyl (C=O) groups excluding carboxylic acids is 1. The maximum atomic E-state index is 12.0. The first-order chi connectivity index (χ1) is 18.5. The van der Waals surface area contributed by atoms with E-state index in [0.717, 1.165) is 16.8 Å². The van der Waals surface area contributed by atoms with E-state index < -0.39 is 15.9 Å². The molecule has 39 heavy (non-hydrogen) atoms. The molecule has 0 bridgehead atoms. The second kappa shape index (κ2) is 13.1. The van der Waals surface area contributed by atoms with Gasteiger partial charge in [0.25, 0.3) is 0 Å². The van der Waals surface area contributed by atoms with E-state index in [2.05, 4.69) is 10.3 Å². The molecule has 0 aliphatic heterocycles. The Kier molecular flexibility index (Phi) is 10.1. The Balaban J connectivity index is 1.98. The van der Waals surface area contributed by atoms with E-state index in [-0.39, 0.29) is 25.7 Å². The Hall–Kier alpha value is -3.41. The molecular formula is C28H38N4O6S. The molecule has 10 nitrogen and oxygen atoms in total. The summed E-state index contributed by atoms with van der Waals surface area (Å²) in [5.41, 5.74) is 10.0. The van der Waals surface area contributed by atoms with Crippen molar-refractivity contribution in [3.63, 3.8) is 0 Å². The monoisotopic (exact) mass is 558 g/mol. The van der Waals surface area contributed by atoms with E-state index in [1.807, 2.05) is 39.0 Å². The van der Waals surface area contributed by atoms with Crippen LogP contribution in [0, 0.1) is 0 Å². The number of carbonyl (C=O) groups is 1. The molecule has 0 spiro atoms. The number of aliphatic hydroxyl groups is 1. The van der Waals surface area contributed by atoms with Crippen LogP contribution in [-0.4, -0.2) is 61.3 Å². The number of aromatic nitrogens is 1. The Bertz CT molecular complexity index is 1430. The van der Waals surface area contributed by atoms with E-state index in [1.54, 1.807) is 18.3 Å². The third kappa shape index (κ3) is 7.37. The van der Waals surface area contributed by atoms with Crippen molar-refractivity contribution in [3.8, 4) is 11.5 Å². The van der Waals surface area contributed by atoms with Crippen molar-refractivity contribution >= 4 is 38.2 Å². The van der Waals surface area contributed by atoms with Crippen LogP contribution in [0.1, 0.15) is 43.9 Å². The lowest BCUT2D eigenvalue weighted by Crippen LogP contribution is -2.37. The molecule has 2 aromatic carbocycles. The lowest BCUT2D eigenvalue weighted by Gasteiger charge is -2.24. The van der Waals surface area contributed by atoms with Gasteiger partial charge in [0.1, 0.15) is 0 Å². The van der Waals surface area contributed by atoms with Crippen LogP contribution in [0.2, 0.25) is 0 Å². The molecule has 3 rings (SSSR count). The van der Waals surface area contributed by atoms with Gasteiger partial charge in [-0.25, -0.2) is 8.42 Å². The van der Waals surface area contributed by atoms with Gasteiger partial charge in [-0.1, -0.05) is 19.1 Å². The zero-order valence-corrected chi connectivity index (χ0v) is 24.0. The van der Waals surface area contributed by atoms with Gasteiger partial charge in [-0.05, 0) is 49.9 Å². The summed E-state index contributed by atoms with van der Waals surface area (Å²) in [7, 11) is -1.78. The number of methoxy groups -OCH3 is 1. The molecule has 0 aliphatic rings. The van der Waals surface area contributed by atoms with Crippen molar-refractivity contribution in [1.82, 2.24) is 9.29 Å². The number of anilines is 2. The highest BCUT2D eigenvalue weighted by Gasteiger charge is 2.20. The fourth-order valence-corrected chi connectivity index (χ4v) is 5.87. The number of aliphatic hydroxyl groups excluding tert-OH is 1. The molecular weight excluding hydrogens is 520 g/mol. The highest BCUT2D eigenvalue weighted by molar-refractivity contribution is 7.88. The Labute approximate surface area is 230 Å². The number of sulfonamides is 1. The molecule has 1 amide bonds. The van der Waals surface area contributed by atoms with E-state index in [4.69, 9.17) is 15.2 Å². The number of fused-ring (bicyclic) bond motifs is 1. The van der Waals surface area contributed by atoms with Gasteiger partial charge in [-0.2, -0.15) is 4.31 Å². The predicted molar refractivity (Wildman–Crippen MR) is 153 cm³/mol. The number of pyridine rings is 1. The molecule has 0 saturated carbocycles. The van der Waals surface area contributed by atoms with Crippen molar-refractivity contribution in [3.05, 3.63) is 53.2 Å².